The number of β-amino-alcohol motifs (C(OH)–C–C–N with tert-alkyl or cyclic N) is 1. The van der Waals surface area contributed by atoms with Crippen molar-refractivity contribution in [1.82, 2.24) is 14.8 Å². The van der Waals surface area contributed by atoms with Gasteiger partial charge in [0.1, 0.15) is 30.3 Å². The van der Waals surface area contributed by atoms with Crippen LogP contribution in [0.2, 0.25) is 5.02 Å². The van der Waals surface area contributed by atoms with Crippen molar-refractivity contribution in [1.29, 1.82) is 0 Å². The van der Waals surface area contributed by atoms with E-state index >= 15 is 0 Å². The van der Waals surface area contributed by atoms with Crippen molar-refractivity contribution < 1.29 is 38.7 Å². The molecule has 0 saturated carbocycles. The Morgan fingerprint density at radius 3 is 2.66 bits per heavy atom. The summed E-state index contributed by atoms with van der Waals surface area (Å²) < 4.78 is 24.8. The zero-order valence-corrected chi connectivity index (χ0v) is 31.3. The van der Waals surface area contributed by atoms with Crippen LogP contribution >= 0.6 is 11.6 Å². The Balaban J connectivity index is 1.28. The Labute approximate surface area is 315 Å². The first kappa shape index (κ1) is 38.5. The monoisotopic (exact) mass is 745 g/mol. The number of aromatic nitrogens is 1. The molecule has 3 atom stereocenters. The molecule has 2 N–H and O–H groups in total. The van der Waals surface area contributed by atoms with E-state index in [2.05, 4.69) is 48.0 Å². The lowest BCUT2D eigenvalue weighted by molar-refractivity contribution is -0.138. The number of benzene rings is 2. The fraction of sp³-hybridized carbons (Fsp3) is 0.439. The third kappa shape index (κ3) is 9.10. The topological polar surface area (TPSA) is 131 Å². The molecule has 0 bridgehead atoms. The number of aryl methyl sites for hydroxylation is 1. The highest BCUT2D eigenvalue weighted by atomic mass is 35.5. The van der Waals surface area contributed by atoms with Crippen LogP contribution in [0.15, 0.2) is 67.0 Å². The van der Waals surface area contributed by atoms with E-state index in [0.717, 1.165) is 48.2 Å². The number of pyridine rings is 1. The molecule has 0 radical (unpaired) electrons. The SMILES string of the molecule is COC(=O)c1cncc(COc2cc(OCC3(OCCCN4CCC(O)C4)C=CC=C(c4ccccc4C)[C@H]3C)c(Cl)c3c2CN(CC(=O)O)CC3)c1. The summed E-state index contributed by atoms with van der Waals surface area (Å²) in [5, 5.41) is 20.0. The standard InChI is InChI=1S/C41H48ClN3O8/c1-27-8-4-5-9-32(27)33-10-6-13-41(28(33)2,53-17-7-14-44-15-11-31(46)22-44)26-52-37-19-36(51-25-29-18-30(21-43-20-29)40(49)50-3)35-23-45(24-38(47)48)16-12-34(35)39(37)42/h4-6,8-10,13,18-21,28,31,46H,7,11-12,14-17,22-26H2,1-3H3,(H,47,48)/t28-,31?,41?/m1/s1. The molecule has 0 amide bonds. The van der Waals surface area contributed by atoms with Gasteiger partial charge in [0.05, 0.1) is 30.3 Å². The van der Waals surface area contributed by atoms with Gasteiger partial charge >= 0.3 is 11.9 Å². The third-order valence-electron chi connectivity index (χ3n) is 10.4. The molecule has 11 nitrogen and oxygen atoms in total. The van der Waals surface area contributed by atoms with Crippen molar-refractivity contribution in [2.75, 3.05) is 53.0 Å². The van der Waals surface area contributed by atoms with Crippen LogP contribution in [0.25, 0.3) is 5.57 Å². The average Bonchev–Trinajstić information content (AvgIpc) is 3.58. The van der Waals surface area contributed by atoms with Gasteiger partial charge in [-0.25, -0.2) is 4.79 Å². The summed E-state index contributed by atoms with van der Waals surface area (Å²) in [6.07, 6.45) is 11.2. The molecule has 1 aromatic heterocycles. The van der Waals surface area contributed by atoms with Crippen molar-refractivity contribution in [3.63, 3.8) is 0 Å². The van der Waals surface area contributed by atoms with Gasteiger partial charge in [0, 0.05) is 74.8 Å². The number of carbonyl (C=O) groups is 2. The number of allylic oxidation sites excluding steroid dienone is 2. The number of carboxylic acid groups (broad SMARTS) is 1. The predicted molar refractivity (Wildman–Crippen MR) is 201 cm³/mol. The number of esters is 1. The van der Waals surface area contributed by atoms with Crippen LogP contribution in [0.5, 0.6) is 11.5 Å². The quantitative estimate of drug-likeness (QED) is 0.146. The third-order valence-corrected chi connectivity index (χ3v) is 10.8. The molecule has 2 aromatic carbocycles. The number of nitrogens with zero attached hydrogens (tertiary/aromatic N) is 3. The summed E-state index contributed by atoms with van der Waals surface area (Å²) in [6.45, 7) is 8.18. The van der Waals surface area contributed by atoms with E-state index in [-0.39, 0.29) is 31.8 Å². The van der Waals surface area contributed by atoms with E-state index in [1.54, 1.807) is 18.3 Å². The summed E-state index contributed by atoms with van der Waals surface area (Å²) >= 11 is 7.12. The van der Waals surface area contributed by atoms with Crippen LogP contribution in [0.4, 0.5) is 0 Å². The van der Waals surface area contributed by atoms with E-state index in [9.17, 15) is 19.8 Å². The maximum atomic E-state index is 12.1. The molecule has 2 aliphatic heterocycles. The lowest BCUT2D eigenvalue weighted by Crippen LogP contribution is -2.45. The fourth-order valence-corrected chi connectivity index (χ4v) is 7.77. The van der Waals surface area contributed by atoms with Crippen LogP contribution in [0.3, 0.4) is 0 Å². The average molecular weight is 746 g/mol. The van der Waals surface area contributed by atoms with Crippen molar-refractivity contribution in [2.45, 2.75) is 58.0 Å². The molecule has 12 heteroatoms. The zero-order valence-electron chi connectivity index (χ0n) is 30.6. The van der Waals surface area contributed by atoms with Crippen LogP contribution in [0, 0.1) is 12.8 Å². The van der Waals surface area contributed by atoms with Gasteiger partial charge in [-0.05, 0) is 60.6 Å². The normalized spacial score (nSPS) is 21.6. The number of carboxylic acids is 1. The van der Waals surface area contributed by atoms with Gasteiger partial charge in [-0.3, -0.25) is 14.7 Å². The summed E-state index contributed by atoms with van der Waals surface area (Å²) in [7, 11) is 1.31. The Morgan fingerprint density at radius 1 is 1.08 bits per heavy atom. The predicted octanol–water partition coefficient (Wildman–Crippen LogP) is 5.73. The van der Waals surface area contributed by atoms with Gasteiger partial charge in [0.2, 0.25) is 0 Å². The number of hydrogen-bond acceptors (Lipinski definition) is 10. The zero-order chi connectivity index (χ0) is 37.5. The number of ether oxygens (including phenoxy) is 4. The molecule has 3 aromatic rings. The highest BCUT2D eigenvalue weighted by molar-refractivity contribution is 6.33. The van der Waals surface area contributed by atoms with Crippen LogP contribution in [-0.2, 0) is 33.8 Å². The highest BCUT2D eigenvalue weighted by Gasteiger charge is 2.41. The molecule has 3 heterocycles. The van der Waals surface area contributed by atoms with Gasteiger partial charge in [-0.2, -0.15) is 0 Å². The number of halogens is 1. The summed E-state index contributed by atoms with van der Waals surface area (Å²) in [4.78, 5) is 32.0. The molecular formula is C41H48ClN3O8. The molecule has 1 saturated heterocycles. The van der Waals surface area contributed by atoms with E-state index in [1.807, 2.05) is 23.1 Å². The molecule has 6 rings (SSSR count). The minimum atomic E-state index is -0.912. The maximum absolute atomic E-state index is 12.1. The number of aliphatic hydroxyl groups is 1. The lowest BCUT2D eigenvalue weighted by Gasteiger charge is -2.40. The first-order valence-corrected chi connectivity index (χ1v) is 18.5. The molecule has 0 spiro atoms. The van der Waals surface area contributed by atoms with Crippen molar-refractivity contribution in [3.8, 4) is 11.5 Å². The Kier molecular flexibility index (Phi) is 12.5. The van der Waals surface area contributed by atoms with Gasteiger partial charge in [0.15, 0.2) is 0 Å². The number of carbonyl (C=O) groups excluding carboxylic acids is 1. The van der Waals surface area contributed by atoms with E-state index in [1.165, 1.54) is 18.9 Å². The summed E-state index contributed by atoms with van der Waals surface area (Å²) in [6, 6.07) is 11.8. The Hall–Kier alpha value is -4.26. The Bertz CT molecular complexity index is 1860. The molecule has 1 aliphatic carbocycles. The van der Waals surface area contributed by atoms with E-state index in [0.29, 0.717) is 60.3 Å². The van der Waals surface area contributed by atoms with Gasteiger partial charge < -0.3 is 34.1 Å². The number of methoxy groups -OCH3 is 1. The second-order valence-corrected chi connectivity index (χ2v) is 14.4. The second kappa shape index (κ2) is 17.3. The number of aliphatic carboxylic acids is 1. The van der Waals surface area contributed by atoms with Crippen molar-refractivity contribution in [3.05, 3.63) is 105 Å². The molecule has 53 heavy (non-hydrogen) atoms. The minimum Gasteiger partial charge on any atom is -0.488 e. The summed E-state index contributed by atoms with van der Waals surface area (Å²) in [5.74, 6) is -0.539. The molecular weight excluding hydrogens is 698 g/mol. The van der Waals surface area contributed by atoms with Crippen LogP contribution < -0.4 is 9.47 Å². The van der Waals surface area contributed by atoms with E-state index < -0.39 is 17.5 Å². The fourth-order valence-electron chi connectivity index (χ4n) is 7.45. The largest absolute Gasteiger partial charge is 0.488 e. The number of likely N-dealkylation sites (tertiary alicyclic amines) is 1. The van der Waals surface area contributed by atoms with Gasteiger partial charge in [-0.15, -0.1) is 0 Å². The van der Waals surface area contributed by atoms with Crippen LogP contribution in [-0.4, -0.2) is 102 Å². The maximum Gasteiger partial charge on any atom is 0.339 e. The van der Waals surface area contributed by atoms with Crippen LogP contribution in [0.1, 0.15) is 57.9 Å². The van der Waals surface area contributed by atoms with Gasteiger partial charge in [-0.1, -0.05) is 54.9 Å². The molecule has 1 fully saturated rings. The molecule has 3 aliphatic rings. The lowest BCUT2D eigenvalue weighted by atomic mass is 9.76. The number of hydrogen-bond donors (Lipinski definition) is 2. The highest BCUT2D eigenvalue weighted by Crippen LogP contribution is 2.44. The summed E-state index contributed by atoms with van der Waals surface area (Å²) in [5.41, 5.74) is 5.26. The first-order valence-electron chi connectivity index (χ1n) is 18.1. The number of aliphatic hydroxyl groups excluding tert-OH is 1. The number of rotatable bonds is 15. The second-order valence-electron chi connectivity index (χ2n) is 14.1. The molecule has 282 valence electrons. The smallest absolute Gasteiger partial charge is 0.339 e. The molecule has 2 unspecified atom stereocenters. The van der Waals surface area contributed by atoms with Crippen molar-refractivity contribution in [2.24, 2.45) is 5.92 Å². The van der Waals surface area contributed by atoms with Gasteiger partial charge in [0.25, 0.3) is 0 Å². The number of fused-ring (bicyclic) bond motifs is 1. The first-order chi connectivity index (χ1) is 25.6. The van der Waals surface area contributed by atoms with Crippen molar-refractivity contribution >= 4 is 29.1 Å². The van der Waals surface area contributed by atoms with E-state index in [4.69, 9.17) is 30.5 Å². The Morgan fingerprint density at radius 2 is 1.91 bits per heavy atom. The minimum absolute atomic E-state index is 0.0755.